The Kier molecular flexibility index (Phi) is 7.19. The van der Waals surface area contributed by atoms with Crippen LogP contribution in [0.25, 0.3) is 0 Å². The molecule has 0 spiro atoms. The second kappa shape index (κ2) is 8.39. The lowest BCUT2D eigenvalue weighted by molar-refractivity contribution is -0.129. The molecule has 4 nitrogen and oxygen atoms in total. The summed E-state index contributed by atoms with van der Waals surface area (Å²) in [7, 11) is 1.90. The minimum Gasteiger partial charge on any atom is -0.508 e. The number of carbonyl (C=O) groups excluding carboxylic acids is 1. The van der Waals surface area contributed by atoms with Gasteiger partial charge in [-0.2, -0.15) is 0 Å². The van der Waals surface area contributed by atoms with Crippen molar-refractivity contribution >= 4 is 30.1 Å². The van der Waals surface area contributed by atoms with Crippen LogP contribution in [0, 0.1) is 0 Å². The molecule has 0 atom stereocenters. The first-order valence-corrected chi connectivity index (χ1v) is 7.53. The van der Waals surface area contributed by atoms with Crippen LogP contribution in [0.3, 0.4) is 0 Å². The molecule has 0 aromatic heterocycles. The van der Waals surface area contributed by atoms with Gasteiger partial charge in [-0.25, -0.2) is 0 Å². The molecule has 1 heterocycles. The van der Waals surface area contributed by atoms with Gasteiger partial charge in [0, 0.05) is 18.0 Å². The van der Waals surface area contributed by atoms with Gasteiger partial charge in [0.15, 0.2) is 0 Å². The molecule has 1 fully saturated rings. The SMILES string of the molecule is CN(C(=O)CSc1ccc(O)cc1)C1CCNCC1.Cl. The fourth-order valence-electron chi connectivity index (χ4n) is 2.19. The Labute approximate surface area is 130 Å². The van der Waals surface area contributed by atoms with Crippen LogP contribution in [-0.4, -0.2) is 47.8 Å². The van der Waals surface area contributed by atoms with Gasteiger partial charge in [-0.15, -0.1) is 24.2 Å². The first-order chi connectivity index (χ1) is 9.16. The zero-order valence-corrected chi connectivity index (χ0v) is 13.2. The highest BCUT2D eigenvalue weighted by Crippen LogP contribution is 2.21. The molecule has 1 aliphatic rings. The Bertz CT molecular complexity index is 422. The zero-order valence-electron chi connectivity index (χ0n) is 11.5. The Hall–Kier alpha value is -0.910. The van der Waals surface area contributed by atoms with E-state index in [1.807, 2.05) is 24.1 Å². The quantitative estimate of drug-likeness (QED) is 0.836. The summed E-state index contributed by atoms with van der Waals surface area (Å²) < 4.78 is 0. The number of rotatable bonds is 4. The minimum atomic E-state index is 0. The molecule has 1 aromatic carbocycles. The van der Waals surface area contributed by atoms with Crippen molar-refractivity contribution in [2.24, 2.45) is 0 Å². The number of piperidine rings is 1. The average molecular weight is 317 g/mol. The number of carbonyl (C=O) groups is 1. The van der Waals surface area contributed by atoms with Crippen LogP contribution in [0.1, 0.15) is 12.8 Å². The largest absolute Gasteiger partial charge is 0.508 e. The van der Waals surface area contributed by atoms with Crippen LogP contribution in [0.15, 0.2) is 29.2 Å². The van der Waals surface area contributed by atoms with Crippen LogP contribution < -0.4 is 5.32 Å². The van der Waals surface area contributed by atoms with Crippen LogP contribution in [0.4, 0.5) is 0 Å². The zero-order chi connectivity index (χ0) is 13.7. The monoisotopic (exact) mass is 316 g/mol. The second-order valence-corrected chi connectivity index (χ2v) is 5.82. The van der Waals surface area contributed by atoms with E-state index in [0.717, 1.165) is 30.8 Å². The van der Waals surface area contributed by atoms with Crippen molar-refractivity contribution in [1.29, 1.82) is 0 Å². The van der Waals surface area contributed by atoms with Crippen LogP contribution in [-0.2, 0) is 4.79 Å². The maximum absolute atomic E-state index is 12.1. The Morgan fingerprint density at radius 1 is 1.35 bits per heavy atom. The number of aromatic hydroxyl groups is 1. The second-order valence-electron chi connectivity index (χ2n) is 4.77. The lowest BCUT2D eigenvalue weighted by Crippen LogP contribution is -2.44. The van der Waals surface area contributed by atoms with Crippen molar-refractivity contribution in [3.63, 3.8) is 0 Å². The van der Waals surface area contributed by atoms with E-state index in [2.05, 4.69) is 5.32 Å². The molecule has 112 valence electrons. The predicted octanol–water partition coefficient (Wildman–Crippen LogP) is 2.12. The van der Waals surface area contributed by atoms with Gasteiger partial charge in [0.1, 0.15) is 5.75 Å². The third-order valence-electron chi connectivity index (χ3n) is 3.45. The van der Waals surface area contributed by atoms with E-state index in [1.54, 1.807) is 12.1 Å². The van der Waals surface area contributed by atoms with Gasteiger partial charge in [0.05, 0.1) is 5.75 Å². The van der Waals surface area contributed by atoms with E-state index in [1.165, 1.54) is 11.8 Å². The number of amides is 1. The number of nitrogens with zero attached hydrogens (tertiary/aromatic N) is 1. The van der Waals surface area contributed by atoms with Gasteiger partial charge in [-0.3, -0.25) is 4.79 Å². The van der Waals surface area contributed by atoms with E-state index < -0.39 is 0 Å². The van der Waals surface area contributed by atoms with Gasteiger partial charge in [-0.05, 0) is 50.2 Å². The van der Waals surface area contributed by atoms with Crippen molar-refractivity contribution in [3.8, 4) is 5.75 Å². The molecule has 2 N–H and O–H groups in total. The highest BCUT2D eigenvalue weighted by Gasteiger charge is 2.21. The molecule has 1 amide bonds. The maximum atomic E-state index is 12.1. The Morgan fingerprint density at radius 2 is 1.95 bits per heavy atom. The summed E-state index contributed by atoms with van der Waals surface area (Å²) in [5.74, 6) is 0.873. The lowest BCUT2D eigenvalue weighted by atomic mass is 10.1. The molecule has 1 aliphatic heterocycles. The summed E-state index contributed by atoms with van der Waals surface area (Å²) >= 11 is 1.51. The third-order valence-corrected chi connectivity index (χ3v) is 4.45. The van der Waals surface area contributed by atoms with Crippen molar-refractivity contribution in [2.75, 3.05) is 25.9 Å². The van der Waals surface area contributed by atoms with E-state index in [0.29, 0.717) is 11.8 Å². The number of hydrogen-bond acceptors (Lipinski definition) is 4. The maximum Gasteiger partial charge on any atom is 0.232 e. The number of phenols is 1. The van der Waals surface area contributed by atoms with Crippen molar-refractivity contribution in [3.05, 3.63) is 24.3 Å². The highest BCUT2D eigenvalue weighted by atomic mass is 35.5. The molecule has 1 aromatic rings. The summed E-state index contributed by atoms with van der Waals surface area (Å²) in [6, 6.07) is 7.32. The number of hydrogen-bond donors (Lipinski definition) is 2. The molecule has 0 aliphatic carbocycles. The summed E-state index contributed by atoms with van der Waals surface area (Å²) in [6.45, 7) is 1.99. The third kappa shape index (κ3) is 4.89. The van der Waals surface area contributed by atoms with Crippen LogP contribution in [0.5, 0.6) is 5.75 Å². The van der Waals surface area contributed by atoms with Gasteiger partial charge in [0.2, 0.25) is 5.91 Å². The first-order valence-electron chi connectivity index (χ1n) is 6.55. The highest BCUT2D eigenvalue weighted by molar-refractivity contribution is 8.00. The van der Waals surface area contributed by atoms with Crippen LogP contribution in [0.2, 0.25) is 0 Å². The minimum absolute atomic E-state index is 0. The Morgan fingerprint density at radius 3 is 2.55 bits per heavy atom. The molecule has 6 heteroatoms. The van der Waals surface area contributed by atoms with Gasteiger partial charge in [-0.1, -0.05) is 0 Å². The summed E-state index contributed by atoms with van der Waals surface area (Å²) in [5.41, 5.74) is 0. The molecule has 20 heavy (non-hydrogen) atoms. The van der Waals surface area contributed by atoms with Gasteiger partial charge >= 0.3 is 0 Å². The van der Waals surface area contributed by atoms with Gasteiger partial charge in [0.25, 0.3) is 0 Å². The number of thioether (sulfide) groups is 1. The molecule has 2 rings (SSSR count). The van der Waals surface area contributed by atoms with Crippen molar-refractivity contribution in [2.45, 2.75) is 23.8 Å². The number of halogens is 1. The predicted molar refractivity (Wildman–Crippen MR) is 84.7 cm³/mol. The van der Waals surface area contributed by atoms with Crippen molar-refractivity contribution in [1.82, 2.24) is 10.2 Å². The van der Waals surface area contributed by atoms with Crippen LogP contribution >= 0.6 is 24.2 Å². The fraction of sp³-hybridized carbons (Fsp3) is 0.500. The van der Waals surface area contributed by atoms with Crippen molar-refractivity contribution < 1.29 is 9.90 Å². The van der Waals surface area contributed by atoms with E-state index in [-0.39, 0.29) is 24.1 Å². The van der Waals surface area contributed by atoms with Gasteiger partial charge < -0.3 is 15.3 Å². The summed E-state index contributed by atoms with van der Waals surface area (Å²) in [4.78, 5) is 15.0. The molecule has 0 unspecified atom stereocenters. The normalized spacial score (nSPS) is 15.4. The summed E-state index contributed by atoms with van der Waals surface area (Å²) in [5, 5.41) is 12.5. The average Bonchev–Trinajstić information content (AvgIpc) is 2.46. The molecule has 1 saturated heterocycles. The molecule has 0 bridgehead atoms. The molecular formula is C14H21ClN2O2S. The lowest BCUT2D eigenvalue weighted by Gasteiger charge is -2.31. The fourth-order valence-corrected chi connectivity index (χ4v) is 3.01. The Balaban J connectivity index is 0.00000200. The summed E-state index contributed by atoms with van der Waals surface area (Å²) in [6.07, 6.45) is 2.07. The van der Waals surface area contributed by atoms with E-state index in [4.69, 9.17) is 0 Å². The first kappa shape index (κ1) is 17.1. The number of benzene rings is 1. The number of nitrogens with one attached hydrogen (secondary N) is 1. The number of phenolic OH excluding ortho intramolecular Hbond substituents is 1. The van der Waals surface area contributed by atoms with E-state index >= 15 is 0 Å². The molecule has 0 saturated carbocycles. The molecular weight excluding hydrogens is 296 g/mol. The van der Waals surface area contributed by atoms with E-state index in [9.17, 15) is 9.90 Å². The molecule has 0 radical (unpaired) electrons. The smallest absolute Gasteiger partial charge is 0.232 e. The standard InChI is InChI=1S/C14H20N2O2S.ClH/c1-16(11-6-8-15-9-7-11)14(18)10-19-13-4-2-12(17)3-5-13;/h2-5,11,15,17H,6-10H2,1H3;1H. The topological polar surface area (TPSA) is 52.6 Å².